The van der Waals surface area contributed by atoms with Crippen LogP contribution in [0.3, 0.4) is 0 Å². The summed E-state index contributed by atoms with van der Waals surface area (Å²) in [6.07, 6.45) is 1.13. The Kier molecular flexibility index (Phi) is 2.92. The standard InChI is InChI=1S/C17H19N/c1-14-7-9-15(10-8-14)11-17(12-18-13-17)16-5-3-2-4-6-16/h2-10,18H,11-13H2,1H3. The normalized spacial score (nSPS) is 17.2. The van der Waals surface area contributed by atoms with Crippen LogP contribution in [0.2, 0.25) is 0 Å². The van der Waals surface area contributed by atoms with Gasteiger partial charge in [-0.3, -0.25) is 0 Å². The van der Waals surface area contributed by atoms with Crippen molar-refractivity contribution < 1.29 is 0 Å². The van der Waals surface area contributed by atoms with Crippen molar-refractivity contribution in [3.8, 4) is 0 Å². The largest absolute Gasteiger partial charge is 0.315 e. The minimum absolute atomic E-state index is 0.302. The van der Waals surface area contributed by atoms with Crippen LogP contribution < -0.4 is 5.32 Å². The molecule has 0 spiro atoms. The maximum absolute atomic E-state index is 3.43. The average Bonchev–Trinajstić information content (AvgIpc) is 2.37. The molecular weight excluding hydrogens is 218 g/mol. The van der Waals surface area contributed by atoms with Crippen LogP contribution in [0, 0.1) is 6.92 Å². The zero-order valence-electron chi connectivity index (χ0n) is 10.8. The first-order valence-corrected chi connectivity index (χ1v) is 6.60. The molecule has 1 N–H and O–H groups in total. The molecule has 0 amide bonds. The van der Waals surface area contributed by atoms with Crippen LogP contribution >= 0.6 is 0 Å². The van der Waals surface area contributed by atoms with Crippen molar-refractivity contribution in [1.29, 1.82) is 0 Å². The van der Waals surface area contributed by atoms with Gasteiger partial charge in [-0.25, -0.2) is 0 Å². The van der Waals surface area contributed by atoms with E-state index in [0.717, 1.165) is 19.5 Å². The van der Waals surface area contributed by atoms with E-state index in [9.17, 15) is 0 Å². The van der Waals surface area contributed by atoms with Gasteiger partial charge in [-0.15, -0.1) is 0 Å². The van der Waals surface area contributed by atoms with Gasteiger partial charge in [-0.05, 0) is 24.5 Å². The molecule has 1 fully saturated rings. The quantitative estimate of drug-likeness (QED) is 0.865. The first-order chi connectivity index (χ1) is 8.78. The first-order valence-electron chi connectivity index (χ1n) is 6.60. The zero-order chi connectivity index (χ0) is 12.4. The molecule has 1 aliphatic heterocycles. The predicted molar refractivity (Wildman–Crippen MR) is 75.9 cm³/mol. The van der Waals surface area contributed by atoms with Crippen LogP contribution in [0.1, 0.15) is 16.7 Å². The van der Waals surface area contributed by atoms with Gasteiger partial charge in [0.2, 0.25) is 0 Å². The molecule has 0 unspecified atom stereocenters. The lowest BCUT2D eigenvalue weighted by molar-refractivity contribution is 0.275. The SMILES string of the molecule is Cc1ccc(CC2(c3ccccc3)CNC2)cc1. The second-order valence-electron chi connectivity index (χ2n) is 5.41. The van der Waals surface area contributed by atoms with Crippen LogP contribution in [0.4, 0.5) is 0 Å². The van der Waals surface area contributed by atoms with Crippen LogP contribution in [0.15, 0.2) is 54.6 Å². The molecule has 18 heavy (non-hydrogen) atoms. The molecule has 1 aliphatic rings. The number of nitrogens with one attached hydrogen (secondary N) is 1. The van der Waals surface area contributed by atoms with Crippen molar-refractivity contribution in [1.82, 2.24) is 5.32 Å². The molecule has 1 nitrogen and oxygen atoms in total. The van der Waals surface area contributed by atoms with Crippen LogP contribution in [0.5, 0.6) is 0 Å². The molecule has 2 aromatic rings. The number of aryl methyl sites for hydroxylation is 1. The zero-order valence-corrected chi connectivity index (χ0v) is 10.8. The minimum atomic E-state index is 0.302. The number of hydrogen-bond donors (Lipinski definition) is 1. The molecule has 2 aromatic carbocycles. The lowest BCUT2D eigenvalue weighted by Gasteiger charge is -2.43. The Morgan fingerprint density at radius 3 is 2.17 bits per heavy atom. The molecule has 1 saturated heterocycles. The Morgan fingerprint density at radius 2 is 1.61 bits per heavy atom. The highest BCUT2D eigenvalue weighted by molar-refractivity contribution is 5.34. The molecule has 0 atom stereocenters. The fourth-order valence-electron chi connectivity index (χ4n) is 2.75. The van der Waals surface area contributed by atoms with E-state index in [0.29, 0.717) is 5.41 Å². The third kappa shape index (κ3) is 2.06. The summed E-state index contributed by atoms with van der Waals surface area (Å²) in [5.74, 6) is 0. The first kappa shape index (κ1) is 11.5. The summed E-state index contributed by atoms with van der Waals surface area (Å²) in [6, 6.07) is 19.8. The Hall–Kier alpha value is -1.60. The minimum Gasteiger partial charge on any atom is -0.315 e. The monoisotopic (exact) mass is 237 g/mol. The molecule has 0 aliphatic carbocycles. The Balaban J connectivity index is 1.87. The van der Waals surface area contributed by atoms with E-state index in [4.69, 9.17) is 0 Å². The summed E-state index contributed by atoms with van der Waals surface area (Å²) >= 11 is 0. The highest BCUT2D eigenvalue weighted by atomic mass is 15.0. The summed E-state index contributed by atoms with van der Waals surface area (Å²) in [5, 5.41) is 3.43. The van der Waals surface area contributed by atoms with E-state index >= 15 is 0 Å². The Labute approximate surface area is 109 Å². The summed E-state index contributed by atoms with van der Waals surface area (Å²) in [5.41, 5.74) is 4.53. The highest BCUT2D eigenvalue weighted by Gasteiger charge is 2.38. The molecule has 92 valence electrons. The summed E-state index contributed by atoms with van der Waals surface area (Å²) in [6.45, 7) is 4.32. The van der Waals surface area contributed by atoms with E-state index < -0.39 is 0 Å². The topological polar surface area (TPSA) is 12.0 Å². The lowest BCUT2D eigenvalue weighted by atomic mass is 9.71. The summed E-state index contributed by atoms with van der Waals surface area (Å²) in [7, 11) is 0. The third-order valence-corrected chi connectivity index (χ3v) is 3.98. The second kappa shape index (κ2) is 4.58. The van der Waals surface area contributed by atoms with Crippen molar-refractivity contribution >= 4 is 0 Å². The predicted octanol–water partition coefficient (Wildman–Crippen LogP) is 3.08. The summed E-state index contributed by atoms with van der Waals surface area (Å²) in [4.78, 5) is 0. The van der Waals surface area contributed by atoms with Gasteiger partial charge in [0, 0.05) is 18.5 Å². The highest BCUT2D eigenvalue weighted by Crippen LogP contribution is 2.32. The lowest BCUT2D eigenvalue weighted by Crippen LogP contribution is -2.58. The Morgan fingerprint density at radius 1 is 0.944 bits per heavy atom. The van der Waals surface area contributed by atoms with Crippen molar-refractivity contribution in [2.45, 2.75) is 18.8 Å². The maximum atomic E-state index is 3.43. The molecule has 0 bridgehead atoms. The van der Waals surface area contributed by atoms with Crippen LogP contribution in [-0.4, -0.2) is 13.1 Å². The van der Waals surface area contributed by atoms with Crippen molar-refractivity contribution in [2.24, 2.45) is 0 Å². The molecule has 1 heteroatoms. The van der Waals surface area contributed by atoms with Crippen molar-refractivity contribution in [3.63, 3.8) is 0 Å². The van der Waals surface area contributed by atoms with Gasteiger partial charge >= 0.3 is 0 Å². The Bertz CT molecular complexity index is 509. The number of benzene rings is 2. The van der Waals surface area contributed by atoms with Crippen LogP contribution in [-0.2, 0) is 11.8 Å². The van der Waals surface area contributed by atoms with Gasteiger partial charge in [-0.2, -0.15) is 0 Å². The van der Waals surface area contributed by atoms with E-state index in [2.05, 4.69) is 66.8 Å². The average molecular weight is 237 g/mol. The number of hydrogen-bond acceptors (Lipinski definition) is 1. The van der Waals surface area contributed by atoms with Gasteiger partial charge in [0.25, 0.3) is 0 Å². The third-order valence-electron chi connectivity index (χ3n) is 3.98. The van der Waals surface area contributed by atoms with Gasteiger partial charge < -0.3 is 5.32 Å². The fraction of sp³-hybridized carbons (Fsp3) is 0.294. The molecule has 0 aromatic heterocycles. The fourth-order valence-corrected chi connectivity index (χ4v) is 2.75. The van der Waals surface area contributed by atoms with E-state index in [1.54, 1.807) is 0 Å². The van der Waals surface area contributed by atoms with Crippen molar-refractivity contribution in [3.05, 3.63) is 71.3 Å². The molecule has 0 saturated carbocycles. The smallest absolute Gasteiger partial charge is 0.0242 e. The molecular formula is C17H19N. The van der Waals surface area contributed by atoms with Crippen LogP contribution in [0.25, 0.3) is 0 Å². The summed E-state index contributed by atoms with van der Waals surface area (Å²) < 4.78 is 0. The second-order valence-corrected chi connectivity index (χ2v) is 5.41. The number of rotatable bonds is 3. The van der Waals surface area contributed by atoms with E-state index in [1.165, 1.54) is 16.7 Å². The van der Waals surface area contributed by atoms with Crippen molar-refractivity contribution in [2.75, 3.05) is 13.1 Å². The van der Waals surface area contributed by atoms with E-state index in [1.807, 2.05) is 0 Å². The molecule has 1 heterocycles. The van der Waals surface area contributed by atoms with Gasteiger partial charge in [-0.1, -0.05) is 60.2 Å². The maximum Gasteiger partial charge on any atom is 0.0242 e. The van der Waals surface area contributed by atoms with Gasteiger partial charge in [0.15, 0.2) is 0 Å². The van der Waals surface area contributed by atoms with Gasteiger partial charge in [0.1, 0.15) is 0 Å². The molecule has 3 rings (SSSR count). The van der Waals surface area contributed by atoms with E-state index in [-0.39, 0.29) is 0 Å². The van der Waals surface area contributed by atoms with Gasteiger partial charge in [0.05, 0.1) is 0 Å². The molecule has 0 radical (unpaired) electrons.